The SMILES string of the molecule is O=C(O)C(O)=CC(=O)c1cnn(Sc2ccccc2)c1. The van der Waals surface area contributed by atoms with E-state index in [1.807, 2.05) is 30.3 Å². The van der Waals surface area contributed by atoms with Crippen molar-refractivity contribution in [2.75, 3.05) is 0 Å². The molecule has 0 bridgehead atoms. The summed E-state index contributed by atoms with van der Waals surface area (Å²) >= 11 is 1.30. The van der Waals surface area contributed by atoms with E-state index in [1.165, 1.54) is 28.4 Å². The highest BCUT2D eigenvalue weighted by atomic mass is 32.2. The largest absolute Gasteiger partial charge is 0.502 e. The van der Waals surface area contributed by atoms with Crippen LogP contribution in [0.3, 0.4) is 0 Å². The number of hydrogen-bond donors (Lipinski definition) is 2. The highest BCUT2D eigenvalue weighted by Crippen LogP contribution is 2.19. The van der Waals surface area contributed by atoms with Gasteiger partial charge in [-0.2, -0.15) is 5.10 Å². The van der Waals surface area contributed by atoms with E-state index in [4.69, 9.17) is 10.2 Å². The second-order valence-corrected chi connectivity index (χ2v) is 4.76. The number of aromatic nitrogens is 2. The number of allylic oxidation sites excluding steroid dienone is 1. The molecule has 0 aliphatic rings. The maximum Gasteiger partial charge on any atom is 0.371 e. The van der Waals surface area contributed by atoms with Gasteiger partial charge in [-0.05, 0) is 12.1 Å². The van der Waals surface area contributed by atoms with Gasteiger partial charge in [0.1, 0.15) is 0 Å². The van der Waals surface area contributed by atoms with E-state index in [2.05, 4.69) is 5.10 Å². The molecular formula is C13H10N2O4S. The van der Waals surface area contributed by atoms with Crippen molar-refractivity contribution in [3.05, 3.63) is 60.1 Å². The fourth-order valence-electron chi connectivity index (χ4n) is 1.34. The Morgan fingerprint density at radius 2 is 1.90 bits per heavy atom. The van der Waals surface area contributed by atoms with E-state index in [0.717, 1.165) is 4.90 Å². The Hall–Kier alpha value is -2.54. The molecule has 0 fully saturated rings. The van der Waals surface area contributed by atoms with Crippen LogP contribution in [-0.2, 0) is 4.79 Å². The molecule has 1 aromatic carbocycles. The van der Waals surface area contributed by atoms with E-state index in [-0.39, 0.29) is 5.56 Å². The maximum atomic E-state index is 11.7. The standard InChI is InChI=1S/C13H10N2O4S/c16-11(6-12(17)13(18)19)9-7-14-15(8-9)20-10-4-2-1-3-5-10/h1-8,17H,(H,18,19). The lowest BCUT2D eigenvalue weighted by molar-refractivity contribution is -0.135. The van der Waals surface area contributed by atoms with Crippen LogP contribution in [0.5, 0.6) is 0 Å². The lowest BCUT2D eigenvalue weighted by Gasteiger charge is -1.98. The fourth-order valence-corrected chi connectivity index (χ4v) is 2.10. The van der Waals surface area contributed by atoms with Gasteiger partial charge in [-0.25, -0.2) is 8.88 Å². The van der Waals surface area contributed by atoms with Gasteiger partial charge in [-0.15, -0.1) is 0 Å². The number of nitrogens with zero attached hydrogens (tertiary/aromatic N) is 2. The topological polar surface area (TPSA) is 92.4 Å². The number of benzene rings is 1. The van der Waals surface area contributed by atoms with Gasteiger partial charge in [0.2, 0.25) is 5.76 Å². The van der Waals surface area contributed by atoms with Crippen LogP contribution in [0.2, 0.25) is 0 Å². The molecule has 0 aliphatic carbocycles. The normalized spacial score (nSPS) is 11.3. The molecule has 1 heterocycles. The van der Waals surface area contributed by atoms with Gasteiger partial charge in [0.25, 0.3) is 0 Å². The third kappa shape index (κ3) is 3.48. The molecule has 2 aromatic rings. The molecule has 6 nitrogen and oxygen atoms in total. The molecule has 0 atom stereocenters. The van der Waals surface area contributed by atoms with Crippen molar-refractivity contribution in [2.45, 2.75) is 4.90 Å². The number of carboxylic acid groups (broad SMARTS) is 1. The zero-order valence-corrected chi connectivity index (χ0v) is 10.9. The van der Waals surface area contributed by atoms with Gasteiger partial charge < -0.3 is 10.2 Å². The number of carbonyl (C=O) groups is 2. The summed E-state index contributed by atoms with van der Waals surface area (Å²) < 4.78 is 1.48. The molecule has 0 aliphatic heterocycles. The number of aliphatic carboxylic acids is 1. The Balaban J connectivity index is 2.11. The Labute approximate surface area is 118 Å². The van der Waals surface area contributed by atoms with E-state index < -0.39 is 17.5 Å². The molecule has 7 heteroatoms. The second-order valence-electron chi connectivity index (χ2n) is 3.73. The lowest BCUT2D eigenvalue weighted by Crippen LogP contribution is -2.03. The number of aliphatic hydroxyl groups excluding tert-OH is 1. The third-order valence-corrected chi connectivity index (χ3v) is 3.14. The highest BCUT2D eigenvalue weighted by molar-refractivity contribution is 7.97. The summed E-state index contributed by atoms with van der Waals surface area (Å²) in [6, 6.07) is 9.44. The minimum Gasteiger partial charge on any atom is -0.502 e. The number of aliphatic hydroxyl groups is 1. The predicted molar refractivity (Wildman–Crippen MR) is 72.6 cm³/mol. The van der Waals surface area contributed by atoms with Crippen molar-refractivity contribution in [2.24, 2.45) is 0 Å². The van der Waals surface area contributed by atoms with E-state index >= 15 is 0 Å². The zero-order chi connectivity index (χ0) is 14.5. The van der Waals surface area contributed by atoms with Crippen LogP contribution in [0, 0.1) is 0 Å². The first-order valence-electron chi connectivity index (χ1n) is 5.52. The molecule has 1 aromatic heterocycles. The van der Waals surface area contributed by atoms with Crippen LogP contribution in [0.4, 0.5) is 0 Å². The summed E-state index contributed by atoms with van der Waals surface area (Å²) in [6.07, 6.45) is 3.42. The van der Waals surface area contributed by atoms with Crippen LogP contribution in [0.1, 0.15) is 10.4 Å². The highest BCUT2D eigenvalue weighted by Gasteiger charge is 2.11. The van der Waals surface area contributed by atoms with Crippen molar-refractivity contribution < 1.29 is 19.8 Å². The van der Waals surface area contributed by atoms with Gasteiger partial charge >= 0.3 is 5.97 Å². The number of carbonyl (C=O) groups excluding carboxylic acids is 1. The van der Waals surface area contributed by atoms with Crippen LogP contribution in [0.15, 0.2) is 59.5 Å². The summed E-state index contributed by atoms with van der Waals surface area (Å²) in [6.45, 7) is 0. The average Bonchev–Trinajstić information content (AvgIpc) is 2.88. The Kier molecular flexibility index (Phi) is 4.21. The van der Waals surface area contributed by atoms with E-state index in [1.54, 1.807) is 0 Å². The van der Waals surface area contributed by atoms with Crippen molar-refractivity contribution in [1.29, 1.82) is 0 Å². The Bertz CT molecular complexity index is 664. The van der Waals surface area contributed by atoms with Crippen molar-refractivity contribution in [3.63, 3.8) is 0 Å². The van der Waals surface area contributed by atoms with Crippen molar-refractivity contribution in [1.82, 2.24) is 9.19 Å². The summed E-state index contributed by atoms with van der Waals surface area (Å²) in [5.41, 5.74) is 0.196. The first-order valence-corrected chi connectivity index (χ1v) is 6.30. The number of rotatable bonds is 5. The molecule has 0 saturated heterocycles. The molecule has 0 unspecified atom stereocenters. The van der Waals surface area contributed by atoms with Crippen LogP contribution < -0.4 is 0 Å². The molecule has 2 N–H and O–H groups in total. The van der Waals surface area contributed by atoms with Crippen molar-refractivity contribution in [3.8, 4) is 0 Å². The minimum atomic E-state index is -1.55. The predicted octanol–water partition coefficient (Wildman–Crippen LogP) is 2.15. The molecule has 2 rings (SSSR count). The second kappa shape index (κ2) is 6.07. The quantitative estimate of drug-likeness (QED) is 0.498. The average molecular weight is 290 g/mol. The van der Waals surface area contributed by atoms with Gasteiger partial charge in [0.05, 0.1) is 11.8 Å². The maximum absolute atomic E-state index is 11.7. The van der Waals surface area contributed by atoms with Gasteiger partial charge in [0, 0.05) is 29.1 Å². The lowest BCUT2D eigenvalue weighted by atomic mass is 10.2. The summed E-state index contributed by atoms with van der Waals surface area (Å²) in [4.78, 5) is 23.0. The molecule has 0 saturated carbocycles. The third-order valence-electron chi connectivity index (χ3n) is 2.27. The van der Waals surface area contributed by atoms with Crippen LogP contribution in [-0.4, -0.2) is 31.2 Å². The summed E-state index contributed by atoms with van der Waals surface area (Å²) in [5, 5.41) is 21.5. The Morgan fingerprint density at radius 1 is 1.20 bits per heavy atom. The van der Waals surface area contributed by atoms with Gasteiger partial charge in [0.15, 0.2) is 5.78 Å². The minimum absolute atomic E-state index is 0.196. The van der Waals surface area contributed by atoms with Gasteiger partial charge in [-0.1, -0.05) is 18.2 Å². The molecule has 0 spiro atoms. The smallest absolute Gasteiger partial charge is 0.371 e. The van der Waals surface area contributed by atoms with Crippen molar-refractivity contribution >= 4 is 23.7 Å². The number of carboxylic acids is 1. The monoisotopic (exact) mass is 290 g/mol. The van der Waals surface area contributed by atoms with Crippen LogP contribution in [0.25, 0.3) is 0 Å². The zero-order valence-electron chi connectivity index (χ0n) is 10.1. The van der Waals surface area contributed by atoms with Gasteiger partial charge in [-0.3, -0.25) is 4.79 Å². The Morgan fingerprint density at radius 3 is 2.55 bits per heavy atom. The summed E-state index contributed by atoms with van der Waals surface area (Å²) in [5.74, 6) is -3.17. The molecule has 0 amide bonds. The fraction of sp³-hybridized carbons (Fsp3) is 0. The molecule has 102 valence electrons. The number of ketones is 1. The van der Waals surface area contributed by atoms with Crippen LogP contribution >= 0.6 is 11.9 Å². The van der Waals surface area contributed by atoms with E-state index in [9.17, 15) is 9.59 Å². The molecular weight excluding hydrogens is 280 g/mol. The molecule has 20 heavy (non-hydrogen) atoms. The number of hydrogen-bond acceptors (Lipinski definition) is 5. The first-order chi connectivity index (χ1) is 9.56. The van der Waals surface area contributed by atoms with E-state index in [0.29, 0.717) is 6.08 Å². The molecule has 0 radical (unpaired) electrons. The first kappa shape index (κ1) is 13.9. The summed E-state index contributed by atoms with van der Waals surface area (Å²) in [7, 11) is 0.